The first-order valence-electron chi connectivity index (χ1n) is 14.3. The lowest BCUT2D eigenvalue weighted by atomic mass is 9.70. The van der Waals surface area contributed by atoms with Gasteiger partial charge in [-0.1, -0.05) is 12.8 Å². The van der Waals surface area contributed by atoms with Gasteiger partial charge in [-0.15, -0.1) is 0 Å². The van der Waals surface area contributed by atoms with Gasteiger partial charge in [0.1, 0.15) is 34.0 Å². The number of carbonyl (C=O) groups is 4. The second-order valence-electron chi connectivity index (χ2n) is 10.8. The van der Waals surface area contributed by atoms with Crippen molar-refractivity contribution in [1.29, 1.82) is 0 Å². The predicted octanol–water partition coefficient (Wildman–Crippen LogP) is 3.68. The van der Waals surface area contributed by atoms with Crippen molar-refractivity contribution in [3.8, 4) is 17.2 Å². The Labute approximate surface area is 253 Å². The fourth-order valence-corrected chi connectivity index (χ4v) is 4.97. The minimum absolute atomic E-state index is 0.00338. The molecule has 2 aliphatic rings. The van der Waals surface area contributed by atoms with Crippen molar-refractivity contribution < 1.29 is 52.4 Å². The molecule has 0 saturated carbocycles. The molecule has 14 heteroatoms. The minimum atomic E-state index is -5.08. The molecule has 0 amide bonds. The van der Waals surface area contributed by atoms with Crippen LogP contribution in [0.2, 0.25) is 0 Å². The molecule has 11 nitrogen and oxygen atoms in total. The van der Waals surface area contributed by atoms with Gasteiger partial charge in [0.15, 0.2) is 17.3 Å². The molecule has 44 heavy (non-hydrogen) atoms. The van der Waals surface area contributed by atoms with Gasteiger partial charge in [0.05, 0.1) is 11.1 Å². The maximum Gasteiger partial charge on any atom is 0.490 e. The lowest BCUT2D eigenvalue weighted by Crippen LogP contribution is -2.41. The highest BCUT2D eigenvalue weighted by molar-refractivity contribution is 6.31. The zero-order valence-corrected chi connectivity index (χ0v) is 25.2. The second-order valence-corrected chi connectivity index (χ2v) is 10.8. The number of ether oxygens (including phenoxy) is 1. The first-order chi connectivity index (χ1) is 20.5. The highest BCUT2D eigenvalue weighted by Crippen LogP contribution is 2.57. The number of ketones is 3. The molecule has 1 aromatic carbocycles. The average molecular weight is 628 g/mol. The second kappa shape index (κ2) is 15.2. The number of rotatable bonds is 13. The van der Waals surface area contributed by atoms with Crippen LogP contribution >= 0.6 is 0 Å². The Morgan fingerprint density at radius 3 is 2.05 bits per heavy atom. The molecule has 0 saturated heterocycles. The van der Waals surface area contributed by atoms with Crippen molar-refractivity contribution in [3.63, 3.8) is 0 Å². The molecule has 0 unspecified atom stereocenters. The van der Waals surface area contributed by atoms with Crippen LogP contribution in [0.3, 0.4) is 0 Å². The minimum Gasteiger partial charge on any atom is -0.507 e. The van der Waals surface area contributed by atoms with E-state index < -0.39 is 40.7 Å². The SMILES string of the molecule is CC(=O)c1c(O)c(C)c(O)c2c1OC1=CC(=O)/C(=C(/C)NCCCCCNCCCCCN)C(=O)[C@@]12C.O=C(O)C(F)(F)F. The summed E-state index contributed by atoms with van der Waals surface area (Å²) in [6, 6.07) is 0. The summed E-state index contributed by atoms with van der Waals surface area (Å²) in [5, 5.41) is 35.1. The predicted molar refractivity (Wildman–Crippen MR) is 155 cm³/mol. The van der Waals surface area contributed by atoms with Crippen LogP contribution in [-0.2, 0) is 19.8 Å². The van der Waals surface area contributed by atoms with Gasteiger partial charge in [-0.25, -0.2) is 4.79 Å². The Balaban J connectivity index is 0.000000860. The number of nitrogens with one attached hydrogen (secondary N) is 2. The largest absolute Gasteiger partial charge is 0.507 e. The Hall–Kier alpha value is -3.91. The van der Waals surface area contributed by atoms with Crippen molar-refractivity contribution in [2.24, 2.45) is 5.73 Å². The number of aliphatic carboxylic acids is 1. The number of phenols is 2. The van der Waals surface area contributed by atoms with Gasteiger partial charge in [-0.05, 0) is 73.0 Å². The van der Waals surface area contributed by atoms with Crippen LogP contribution in [0.4, 0.5) is 13.2 Å². The molecule has 1 aromatic rings. The molecule has 0 fully saturated rings. The first-order valence-corrected chi connectivity index (χ1v) is 14.3. The van der Waals surface area contributed by atoms with Crippen LogP contribution in [0.1, 0.15) is 80.8 Å². The summed E-state index contributed by atoms with van der Waals surface area (Å²) in [7, 11) is 0. The summed E-state index contributed by atoms with van der Waals surface area (Å²) < 4.78 is 37.5. The van der Waals surface area contributed by atoms with Crippen LogP contribution < -0.4 is 21.1 Å². The van der Waals surface area contributed by atoms with Crippen LogP contribution in [0, 0.1) is 6.92 Å². The van der Waals surface area contributed by atoms with E-state index in [2.05, 4.69) is 10.6 Å². The molecule has 1 aliphatic carbocycles. The summed E-state index contributed by atoms with van der Waals surface area (Å²) in [6.07, 6.45) is 2.41. The number of carbonyl (C=O) groups excluding carboxylic acids is 3. The molecule has 7 N–H and O–H groups in total. The summed E-state index contributed by atoms with van der Waals surface area (Å²) in [6.45, 7) is 9.28. The van der Waals surface area contributed by atoms with Crippen LogP contribution in [0.15, 0.2) is 23.1 Å². The molecule has 0 bridgehead atoms. The van der Waals surface area contributed by atoms with E-state index in [1.807, 2.05) is 0 Å². The number of hydrogen-bond acceptors (Lipinski definition) is 10. The number of carboxylic acids is 1. The standard InChI is InChI=1S/C28H39N3O6.C2HF3O2/c1-16-24(34)22(18(3)32)26-23(25(16)35)28(4)20(37-26)15-19(33)21(27(28)36)17(2)31-14-10-6-9-13-30-12-8-5-7-11-29;3-2(4,5)1(6)7/h15,30-31,34-35H,5-14,29H2,1-4H3;(H,6,7)/b21-17+;/t28-;/m0./s1. The van der Waals surface area contributed by atoms with Crippen molar-refractivity contribution >= 4 is 23.3 Å². The average Bonchev–Trinajstić information content (AvgIpc) is 3.22. The van der Waals surface area contributed by atoms with Gasteiger partial charge in [0.2, 0.25) is 0 Å². The number of Topliss-reactive ketones (excluding diaryl/α,β-unsaturated/α-hetero) is 2. The van der Waals surface area contributed by atoms with E-state index in [-0.39, 0.29) is 39.5 Å². The van der Waals surface area contributed by atoms with E-state index in [0.717, 1.165) is 58.2 Å². The fourth-order valence-electron chi connectivity index (χ4n) is 4.97. The number of benzene rings is 1. The van der Waals surface area contributed by atoms with Crippen molar-refractivity contribution in [1.82, 2.24) is 10.6 Å². The summed E-state index contributed by atoms with van der Waals surface area (Å²) in [5.41, 5.74) is 4.51. The van der Waals surface area contributed by atoms with E-state index in [1.165, 1.54) is 19.9 Å². The van der Waals surface area contributed by atoms with Crippen LogP contribution in [0.5, 0.6) is 17.2 Å². The van der Waals surface area contributed by atoms with Gasteiger partial charge < -0.3 is 36.4 Å². The smallest absolute Gasteiger partial charge is 0.490 e. The van der Waals surface area contributed by atoms with E-state index in [1.54, 1.807) is 13.8 Å². The van der Waals surface area contributed by atoms with Gasteiger partial charge in [0, 0.05) is 23.9 Å². The van der Waals surface area contributed by atoms with Crippen LogP contribution in [0.25, 0.3) is 0 Å². The Morgan fingerprint density at radius 2 is 1.52 bits per heavy atom. The number of unbranched alkanes of at least 4 members (excludes halogenated alkanes) is 4. The molecule has 0 aromatic heterocycles. The number of halogens is 3. The quantitative estimate of drug-likeness (QED) is 0.0810. The maximum absolute atomic E-state index is 13.8. The van der Waals surface area contributed by atoms with E-state index in [4.69, 9.17) is 20.4 Å². The van der Waals surface area contributed by atoms with Crippen LogP contribution in [-0.4, -0.2) is 71.0 Å². The molecule has 0 spiro atoms. The maximum atomic E-state index is 13.8. The Morgan fingerprint density at radius 1 is 0.977 bits per heavy atom. The molecular formula is C30H40F3N3O8. The monoisotopic (exact) mass is 627 g/mol. The zero-order chi connectivity index (χ0) is 33.4. The van der Waals surface area contributed by atoms with E-state index in [0.29, 0.717) is 12.2 Å². The third-order valence-corrected chi connectivity index (χ3v) is 7.48. The molecule has 1 atom stereocenters. The number of nitrogens with two attached hydrogens (primary N) is 1. The van der Waals surface area contributed by atoms with Gasteiger partial charge in [0.25, 0.3) is 0 Å². The normalized spacial score (nSPS) is 18.4. The third-order valence-electron chi connectivity index (χ3n) is 7.48. The number of fused-ring (bicyclic) bond motifs is 3. The number of hydrogen-bond donors (Lipinski definition) is 6. The molecule has 3 rings (SSSR count). The molecule has 244 valence electrons. The topological polar surface area (TPSA) is 188 Å². The van der Waals surface area contributed by atoms with Crippen molar-refractivity contribution in [3.05, 3.63) is 39.8 Å². The van der Waals surface area contributed by atoms with Gasteiger partial charge in [-0.3, -0.25) is 14.4 Å². The zero-order valence-electron chi connectivity index (χ0n) is 25.2. The number of alkyl halides is 3. The first kappa shape index (κ1) is 36.3. The number of carboxylic acid groups (broad SMARTS) is 1. The van der Waals surface area contributed by atoms with E-state index >= 15 is 0 Å². The highest BCUT2D eigenvalue weighted by atomic mass is 19.4. The lowest BCUT2D eigenvalue weighted by molar-refractivity contribution is -0.192. The van der Waals surface area contributed by atoms with Gasteiger partial charge >= 0.3 is 12.1 Å². The molecule has 1 aliphatic heterocycles. The Kier molecular flexibility index (Phi) is 12.5. The number of allylic oxidation sites excluding steroid dienone is 4. The fraction of sp³-hybridized carbons (Fsp3) is 0.533. The molecular weight excluding hydrogens is 587 g/mol. The highest BCUT2D eigenvalue weighted by Gasteiger charge is 2.56. The summed E-state index contributed by atoms with van der Waals surface area (Å²) in [5.74, 6) is -5.03. The molecule has 1 heterocycles. The van der Waals surface area contributed by atoms with Crippen molar-refractivity contribution in [2.75, 3.05) is 26.2 Å². The third kappa shape index (κ3) is 7.97. The molecule has 0 radical (unpaired) electrons. The lowest BCUT2D eigenvalue weighted by Gasteiger charge is -2.29. The number of aromatic hydroxyl groups is 2. The number of phenolic OH excluding ortho intramolecular Hbond substituents is 2. The summed E-state index contributed by atoms with van der Waals surface area (Å²) in [4.78, 5) is 47.9. The van der Waals surface area contributed by atoms with Gasteiger partial charge in [-0.2, -0.15) is 13.2 Å². The van der Waals surface area contributed by atoms with Crippen molar-refractivity contribution in [2.45, 2.75) is 77.8 Å². The summed E-state index contributed by atoms with van der Waals surface area (Å²) >= 11 is 0. The van der Waals surface area contributed by atoms with E-state index in [9.17, 15) is 37.8 Å². The Bertz CT molecular complexity index is 1350.